The van der Waals surface area contributed by atoms with Gasteiger partial charge in [-0.2, -0.15) is 0 Å². The number of halogens is 2. The minimum absolute atomic E-state index is 0.0601. The first-order valence-corrected chi connectivity index (χ1v) is 14.4. The Morgan fingerprint density at radius 2 is 1.81 bits per heavy atom. The van der Waals surface area contributed by atoms with Gasteiger partial charge in [0, 0.05) is 42.4 Å². The van der Waals surface area contributed by atoms with Gasteiger partial charge in [-0.05, 0) is 43.0 Å². The Balaban J connectivity index is 1.53. The molecule has 0 bridgehead atoms. The summed E-state index contributed by atoms with van der Waals surface area (Å²) in [7, 11) is -2.98. The van der Waals surface area contributed by atoms with Gasteiger partial charge in [-0.25, -0.2) is 22.2 Å². The zero-order valence-electron chi connectivity index (χ0n) is 19.4. The van der Waals surface area contributed by atoms with Crippen molar-refractivity contribution >= 4 is 32.8 Å². The third-order valence-corrected chi connectivity index (χ3v) is 9.73. The van der Waals surface area contributed by atoms with Crippen molar-refractivity contribution in [3.05, 3.63) is 54.2 Å². The average molecular weight is 533 g/mol. The van der Waals surface area contributed by atoms with E-state index in [1.165, 1.54) is 23.6 Å². The van der Waals surface area contributed by atoms with Crippen LogP contribution in [-0.2, 0) is 14.6 Å². The number of sulfone groups is 1. The summed E-state index contributed by atoms with van der Waals surface area (Å²) >= 11 is 1.37. The summed E-state index contributed by atoms with van der Waals surface area (Å²) in [6, 6.07) is 9.09. The summed E-state index contributed by atoms with van der Waals surface area (Å²) in [4.78, 5) is 23.8. The van der Waals surface area contributed by atoms with Gasteiger partial charge in [-0.15, -0.1) is 11.3 Å². The van der Waals surface area contributed by atoms with E-state index in [0.717, 1.165) is 22.3 Å². The number of anilines is 1. The molecular formula is C25H26F2N4O3S2. The van der Waals surface area contributed by atoms with E-state index >= 15 is 0 Å². The molecule has 36 heavy (non-hydrogen) atoms. The Labute approximate surface area is 212 Å². The number of thiazole rings is 1. The molecule has 2 aliphatic rings. The zero-order chi connectivity index (χ0) is 25.4. The lowest BCUT2D eigenvalue weighted by atomic mass is 9.75. The predicted octanol–water partition coefficient (Wildman–Crippen LogP) is 3.95. The summed E-state index contributed by atoms with van der Waals surface area (Å²) in [6.45, 7) is 0.883. The van der Waals surface area contributed by atoms with Crippen molar-refractivity contribution in [2.75, 3.05) is 29.5 Å². The second-order valence-electron chi connectivity index (χ2n) is 9.34. The van der Waals surface area contributed by atoms with Gasteiger partial charge in [0.15, 0.2) is 9.84 Å². The van der Waals surface area contributed by atoms with Gasteiger partial charge in [-0.3, -0.25) is 9.78 Å². The average Bonchev–Trinajstić information content (AvgIpc) is 3.29. The van der Waals surface area contributed by atoms with Crippen LogP contribution in [0.25, 0.3) is 21.0 Å². The van der Waals surface area contributed by atoms with Gasteiger partial charge >= 0.3 is 0 Å². The quantitative estimate of drug-likeness (QED) is 0.533. The summed E-state index contributed by atoms with van der Waals surface area (Å²) in [5, 5.41) is 0.558. The van der Waals surface area contributed by atoms with Crippen LogP contribution in [0.1, 0.15) is 30.9 Å². The number of nitrogens with two attached hydrogens (primary N) is 1. The highest BCUT2D eigenvalue weighted by molar-refractivity contribution is 7.91. The normalized spacial score (nSPS) is 23.9. The van der Waals surface area contributed by atoms with Crippen molar-refractivity contribution in [3.8, 4) is 21.0 Å². The third kappa shape index (κ3) is 5.12. The molecule has 2 fully saturated rings. The summed E-state index contributed by atoms with van der Waals surface area (Å²) < 4.78 is 51.6. The van der Waals surface area contributed by atoms with Gasteiger partial charge in [0.1, 0.15) is 17.0 Å². The van der Waals surface area contributed by atoms with Crippen molar-refractivity contribution in [1.29, 1.82) is 0 Å². The highest BCUT2D eigenvalue weighted by atomic mass is 32.2. The Morgan fingerprint density at radius 3 is 2.47 bits per heavy atom. The largest absolute Gasteiger partial charge is 0.369 e. The fourth-order valence-corrected chi connectivity index (χ4v) is 7.32. The molecule has 3 heterocycles. The first-order valence-electron chi connectivity index (χ1n) is 11.8. The van der Waals surface area contributed by atoms with Crippen LogP contribution in [0, 0.1) is 11.7 Å². The molecule has 0 radical (unpaired) electrons. The van der Waals surface area contributed by atoms with Crippen LogP contribution in [0.3, 0.4) is 0 Å². The van der Waals surface area contributed by atoms with Crippen molar-refractivity contribution in [2.24, 2.45) is 11.7 Å². The fraction of sp³-hybridized carbons (Fsp3) is 0.400. The number of alkyl halides is 1. The number of aromatic nitrogens is 2. The number of rotatable bonds is 5. The first kappa shape index (κ1) is 24.8. The number of benzene rings is 1. The van der Waals surface area contributed by atoms with E-state index in [1.54, 1.807) is 0 Å². The van der Waals surface area contributed by atoms with Gasteiger partial charge in [0.2, 0.25) is 5.91 Å². The fourth-order valence-electron chi connectivity index (χ4n) is 5.00. The molecule has 2 N–H and O–H groups in total. The third-order valence-electron chi connectivity index (χ3n) is 6.95. The molecule has 1 aliphatic heterocycles. The molecule has 0 unspecified atom stereocenters. The van der Waals surface area contributed by atoms with Gasteiger partial charge in [0.25, 0.3) is 0 Å². The predicted molar refractivity (Wildman–Crippen MR) is 136 cm³/mol. The number of carbonyl (C=O) groups is 1. The smallest absolute Gasteiger partial charge is 0.221 e. The topological polar surface area (TPSA) is 106 Å². The Bertz CT molecular complexity index is 1360. The minimum atomic E-state index is -2.98. The van der Waals surface area contributed by atoms with Crippen LogP contribution in [0.5, 0.6) is 0 Å². The van der Waals surface area contributed by atoms with Gasteiger partial charge in [0.05, 0.1) is 28.3 Å². The van der Waals surface area contributed by atoms with E-state index in [2.05, 4.69) is 4.98 Å². The van der Waals surface area contributed by atoms with Crippen molar-refractivity contribution in [2.45, 2.75) is 31.4 Å². The van der Waals surface area contributed by atoms with Crippen LogP contribution in [0.15, 0.2) is 42.7 Å². The van der Waals surface area contributed by atoms with Gasteiger partial charge < -0.3 is 10.6 Å². The molecule has 3 aromatic rings. The van der Waals surface area contributed by atoms with Crippen LogP contribution < -0.4 is 10.6 Å². The number of carbonyl (C=O) groups excluding carboxylic acids is 1. The Morgan fingerprint density at radius 1 is 1.08 bits per heavy atom. The number of pyridine rings is 1. The maximum Gasteiger partial charge on any atom is 0.221 e. The number of nitrogens with zero attached hydrogens (tertiary/aromatic N) is 3. The molecule has 2 aromatic heterocycles. The van der Waals surface area contributed by atoms with Crippen molar-refractivity contribution in [1.82, 2.24) is 9.97 Å². The minimum Gasteiger partial charge on any atom is -0.369 e. The highest BCUT2D eigenvalue weighted by Crippen LogP contribution is 2.46. The molecule has 3 atom stereocenters. The van der Waals surface area contributed by atoms with Crippen molar-refractivity contribution in [3.63, 3.8) is 0 Å². The van der Waals surface area contributed by atoms with E-state index in [1.807, 2.05) is 29.2 Å². The molecule has 1 aromatic carbocycles. The number of primary amides is 1. The summed E-state index contributed by atoms with van der Waals surface area (Å²) in [5.41, 5.74) is 8.63. The summed E-state index contributed by atoms with van der Waals surface area (Å²) in [5.74, 6) is -1.79. The second-order valence-corrected chi connectivity index (χ2v) is 12.6. The molecule has 1 amide bonds. The van der Waals surface area contributed by atoms with Gasteiger partial charge in [-0.1, -0.05) is 12.1 Å². The monoisotopic (exact) mass is 532 g/mol. The lowest BCUT2D eigenvalue weighted by Gasteiger charge is -2.31. The number of amides is 1. The van der Waals surface area contributed by atoms with E-state index < -0.39 is 33.7 Å². The Hall–Kier alpha value is -2.92. The molecule has 1 aliphatic carbocycles. The SMILES string of the molecule is NC(=O)[C@@H]1C[C@@H](F)CC[C@H]1c1nc(-c2cncc(F)c2)sc1-c1ccc(N2CCS(=O)(=O)CC2)cc1. The molecule has 11 heteroatoms. The lowest BCUT2D eigenvalue weighted by molar-refractivity contribution is -0.124. The maximum atomic E-state index is 14.2. The number of hydrogen-bond acceptors (Lipinski definition) is 7. The lowest BCUT2D eigenvalue weighted by Crippen LogP contribution is -2.40. The van der Waals surface area contributed by atoms with Crippen LogP contribution >= 0.6 is 11.3 Å². The second kappa shape index (κ2) is 9.85. The zero-order valence-corrected chi connectivity index (χ0v) is 21.1. The molecule has 190 valence electrons. The Kier molecular flexibility index (Phi) is 6.78. The summed E-state index contributed by atoms with van der Waals surface area (Å²) in [6.07, 6.45) is 2.39. The molecule has 5 rings (SSSR count). The molecule has 1 saturated heterocycles. The molecule has 1 saturated carbocycles. The standard InChI is InChI=1S/C25H26F2N4O3S2/c26-17-3-6-20(21(12-17)24(28)32)22-23(35-25(30-22)16-11-18(27)14-29-13-16)15-1-4-19(5-2-15)31-7-9-36(33,34)10-8-31/h1-2,4-5,11,13-14,17,20-21H,3,6-10,12H2,(H2,28,32)/t17-,20+,21+/m0/s1. The van der Waals surface area contributed by atoms with Crippen LogP contribution in [0.4, 0.5) is 14.5 Å². The molecule has 7 nitrogen and oxygen atoms in total. The van der Waals surface area contributed by atoms with E-state index in [0.29, 0.717) is 42.2 Å². The van der Waals surface area contributed by atoms with E-state index in [4.69, 9.17) is 10.7 Å². The number of hydrogen-bond donors (Lipinski definition) is 1. The van der Waals surface area contributed by atoms with Crippen LogP contribution in [0.2, 0.25) is 0 Å². The van der Waals surface area contributed by atoms with E-state index in [9.17, 15) is 22.0 Å². The van der Waals surface area contributed by atoms with Crippen LogP contribution in [-0.4, -0.2) is 55.1 Å². The highest BCUT2D eigenvalue weighted by Gasteiger charge is 2.38. The maximum absolute atomic E-state index is 14.2. The molecular weight excluding hydrogens is 506 g/mol. The molecule has 0 spiro atoms. The van der Waals surface area contributed by atoms with Crippen molar-refractivity contribution < 1.29 is 22.0 Å². The first-order chi connectivity index (χ1) is 17.2. The van der Waals surface area contributed by atoms with E-state index in [-0.39, 0.29) is 23.8 Å².